The number of halogens is 3. The summed E-state index contributed by atoms with van der Waals surface area (Å²) in [6.45, 7) is 0. The fourth-order valence-electron chi connectivity index (χ4n) is 2.10. The van der Waals surface area contributed by atoms with Gasteiger partial charge < -0.3 is 5.11 Å². The lowest BCUT2D eigenvalue weighted by molar-refractivity contribution is 0.0950. The van der Waals surface area contributed by atoms with Gasteiger partial charge in [0.05, 0.1) is 16.9 Å². The van der Waals surface area contributed by atoms with Crippen molar-refractivity contribution < 1.29 is 14.3 Å². The molecule has 26 heavy (non-hydrogen) atoms. The zero-order valence-corrected chi connectivity index (χ0v) is 14.5. The Morgan fingerprint density at radius 3 is 2.77 bits per heavy atom. The van der Waals surface area contributed by atoms with Crippen molar-refractivity contribution in [3.63, 3.8) is 0 Å². The van der Waals surface area contributed by atoms with E-state index in [9.17, 15) is 9.18 Å². The fourth-order valence-corrected chi connectivity index (χ4v) is 2.61. The monoisotopic (exact) mass is 392 g/mol. The highest BCUT2D eigenvalue weighted by Gasteiger charge is 2.12. The van der Waals surface area contributed by atoms with Gasteiger partial charge in [-0.3, -0.25) is 9.89 Å². The van der Waals surface area contributed by atoms with Crippen LogP contribution < -0.4 is 5.43 Å². The molecule has 6 nitrogen and oxygen atoms in total. The van der Waals surface area contributed by atoms with Gasteiger partial charge in [-0.05, 0) is 48.0 Å². The molecular weight excluding hydrogens is 382 g/mol. The number of carbonyl (C=O) groups is 1. The number of nitrogens with one attached hydrogen (secondary N) is 2. The van der Waals surface area contributed by atoms with Gasteiger partial charge in [0.25, 0.3) is 5.91 Å². The molecule has 0 saturated heterocycles. The fraction of sp³-hybridized carbons (Fsp3) is 0. The summed E-state index contributed by atoms with van der Waals surface area (Å²) in [5.74, 6) is -1.78. The maximum absolute atomic E-state index is 13.2. The number of hydrogen-bond donors (Lipinski definition) is 3. The Labute approximate surface area is 157 Å². The number of rotatable bonds is 4. The van der Waals surface area contributed by atoms with Crippen molar-refractivity contribution in [2.75, 3.05) is 0 Å². The SMILES string of the molecule is O=C(N/N=C/c1ccc(O)c(F)c1)c1cc(-c2ccc(Cl)cc2Cl)n[nH]1. The summed E-state index contributed by atoms with van der Waals surface area (Å²) < 4.78 is 13.2. The molecule has 3 aromatic rings. The lowest BCUT2D eigenvalue weighted by Gasteiger charge is -2.00. The molecule has 0 unspecified atom stereocenters. The van der Waals surface area contributed by atoms with Crippen molar-refractivity contribution in [3.05, 3.63) is 69.6 Å². The molecular formula is C17H11Cl2FN4O2. The largest absolute Gasteiger partial charge is 0.505 e. The van der Waals surface area contributed by atoms with Gasteiger partial charge in [-0.1, -0.05) is 23.2 Å². The van der Waals surface area contributed by atoms with Crippen molar-refractivity contribution in [1.82, 2.24) is 15.6 Å². The van der Waals surface area contributed by atoms with E-state index in [2.05, 4.69) is 20.7 Å². The second kappa shape index (κ2) is 7.55. The number of phenolic OH excluding ortho intramolecular Hbond substituents is 1. The topological polar surface area (TPSA) is 90.4 Å². The van der Waals surface area contributed by atoms with Gasteiger partial charge in [0.2, 0.25) is 0 Å². The number of nitrogens with zero attached hydrogens (tertiary/aromatic N) is 2. The molecule has 0 aliphatic rings. The summed E-state index contributed by atoms with van der Waals surface area (Å²) in [4.78, 5) is 12.1. The van der Waals surface area contributed by atoms with Crippen LogP contribution in [-0.2, 0) is 0 Å². The van der Waals surface area contributed by atoms with Gasteiger partial charge >= 0.3 is 0 Å². The van der Waals surface area contributed by atoms with E-state index in [0.29, 0.717) is 26.9 Å². The summed E-state index contributed by atoms with van der Waals surface area (Å²) in [7, 11) is 0. The van der Waals surface area contributed by atoms with Crippen molar-refractivity contribution in [3.8, 4) is 17.0 Å². The van der Waals surface area contributed by atoms with Gasteiger partial charge in [0, 0.05) is 10.6 Å². The van der Waals surface area contributed by atoms with Crippen LogP contribution in [0.3, 0.4) is 0 Å². The number of hydrazone groups is 1. The van der Waals surface area contributed by atoms with Crippen molar-refractivity contribution in [1.29, 1.82) is 0 Å². The Morgan fingerprint density at radius 2 is 2.04 bits per heavy atom. The number of phenols is 1. The van der Waals surface area contributed by atoms with Crippen LogP contribution in [0.4, 0.5) is 4.39 Å². The third-order valence-electron chi connectivity index (χ3n) is 3.38. The summed E-state index contributed by atoms with van der Waals surface area (Å²) in [5, 5.41) is 20.4. The molecule has 132 valence electrons. The van der Waals surface area contributed by atoms with Gasteiger partial charge in [0.1, 0.15) is 5.69 Å². The maximum Gasteiger partial charge on any atom is 0.289 e. The Kier molecular flexibility index (Phi) is 5.20. The van der Waals surface area contributed by atoms with Crippen LogP contribution in [-0.4, -0.2) is 27.4 Å². The summed E-state index contributed by atoms with van der Waals surface area (Å²) in [6.07, 6.45) is 1.24. The highest BCUT2D eigenvalue weighted by molar-refractivity contribution is 6.36. The summed E-state index contributed by atoms with van der Waals surface area (Å²) in [5.41, 5.74) is 3.92. The Balaban J connectivity index is 1.70. The lowest BCUT2D eigenvalue weighted by Crippen LogP contribution is -2.18. The van der Waals surface area contributed by atoms with Crippen LogP contribution in [0, 0.1) is 5.82 Å². The standard InChI is InChI=1S/C17H11Cl2FN4O2/c18-10-2-3-11(12(19)6-10)14-7-15(23-22-14)17(26)24-21-8-9-1-4-16(25)13(20)5-9/h1-8,25H,(H,22,23)(H,24,26)/b21-8+. The molecule has 0 saturated carbocycles. The zero-order valence-electron chi connectivity index (χ0n) is 13.0. The average molecular weight is 393 g/mol. The molecule has 9 heteroatoms. The number of H-pyrrole nitrogens is 1. The van der Waals surface area contributed by atoms with Gasteiger partial charge in [-0.15, -0.1) is 0 Å². The first-order valence-corrected chi connectivity index (χ1v) is 8.02. The minimum atomic E-state index is -0.779. The van der Waals surface area contributed by atoms with E-state index in [0.717, 1.165) is 6.07 Å². The predicted molar refractivity (Wildman–Crippen MR) is 97.2 cm³/mol. The number of hydrogen-bond acceptors (Lipinski definition) is 4. The molecule has 3 N–H and O–H groups in total. The first kappa shape index (κ1) is 17.9. The van der Waals surface area contributed by atoms with Crippen molar-refractivity contribution in [2.24, 2.45) is 5.10 Å². The van der Waals surface area contributed by atoms with Crippen LogP contribution in [0.2, 0.25) is 10.0 Å². The highest BCUT2D eigenvalue weighted by atomic mass is 35.5. The molecule has 1 amide bonds. The molecule has 0 aliphatic carbocycles. The van der Waals surface area contributed by atoms with Crippen molar-refractivity contribution >= 4 is 35.3 Å². The van der Waals surface area contributed by atoms with Gasteiger partial charge in [-0.25, -0.2) is 9.82 Å². The third kappa shape index (κ3) is 4.01. The second-order valence-corrected chi connectivity index (χ2v) is 6.04. The van der Waals surface area contributed by atoms with E-state index in [4.69, 9.17) is 28.3 Å². The van der Waals surface area contributed by atoms with Gasteiger partial charge in [0.15, 0.2) is 11.6 Å². The smallest absolute Gasteiger partial charge is 0.289 e. The maximum atomic E-state index is 13.2. The molecule has 2 aromatic carbocycles. The minimum Gasteiger partial charge on any atom is -0.505 e. The van der Waals surface area contributed by atoms with E-state index in [-0.39, 0.29) is 5.69 Å². The number of carbonyl (C=O) groups excluding carboxylic acids is 1. The zero-order chi connectivity index (χ0) is 18.7. The van der Waals surface area contributed by atoms with Crippen LogP contribution in [0.15, 0.2) is 47.6 Å². The number of aromatic nitrogens is 2. The van der Waals surface area contributed by atoms with E-state index < -0.39 is 17.5 Å². The van der Waals surface area contributed by atoms with Crippen LogP contribution >= 0.6 is 23.2 Å². The first-order chi connectivity index (χ1) is 12.4. The van der Waals surface area contributed by atoms with E-state index in [1.165, 1.54) is 24.4 Å². The number of amides is 1. The van der Waals surface area contributed by atoms with E-state index in [1.807, 2.05) is 0 Å². The average Bonchev–Trinajstić information content (AvgIpc) is 3.08. The summed E-state index contributed by atoms with van der Waals surface area (Å²) in [6, 6.07) is 10.2. The first-order valence-electron chi connectivity index (χ1n) is 7.27. The molecule has 3 rings (SSSR count). The Morgan fingerprint density at radius 1 is 1.23 bits per heavy atom. The molecule has 0 bridgehead atoms. The third-order valence-corrected chi connectivity index (χ3v) is 3.93. The van der Waals surface area contributed by atoms with Crippen LogP contribution in [0.5, 0.6) is 5.75 Å². The quantitative estimate of drug-likeness (QED) is 0.463. The molecule has 0 radical (unpaired) electrons. The van der Waals surface area contributed by atoms with Gasteiger partial charge in [-0.2, -0.15) is 10.2 Å². The van der Waals surface area contributed by atoms with Crippen molar-refractivity contribution in [2.45, 2.75) is 0 Å². The minimum absolute atomic E-state index is 0.167. The number of aromatic amines is 1. The number of benzene rings is 2. The molecule has 0 fully saturated rings. The van der Waals surface area contributed by atoms with E-state index >= 15 is 0 Å². The predicted octanol–water partition coefficient (Wildman–Crippen LogP) is 3.99. The normalized spacial score (nSPS) is 11.0. The molecule has 0 atom stereocenters. The Bertz CT molecular complexity index is 1000. The summed E-state index contributed by atoms with van der Waals surface area (Å²) >= 11 is 12.0. The van der Waals surface area contributed by atoms with E-state index in [1.54, 1.807) is 18.2 Å². The highest BCUT2D eigenvalue weighted by Crippen LogP contribution is 2.29. The molecule has 1 aromatic heterocycles. The molecule has 0 aliphatic heterocycles. The number of aromatic hydroxyl groups is 1. The van der Waals surface area contributed by atoms with Crippen LogP contribution in [0.25, 0.3) is 11.3 Å². The lowest BCUT2D eigenvalue weighted by atomic mass is 10.1. The molecule has 0 spiro atoms. The Hall–Kier alpha value is -2.90. The second-order valence-electron chi connectivity index (χ2n) is 5.20. The molecule has 1 heterocycles. The van der Waals surface area contributed by atoms with Crippen LogP contribution in [0.1, 0.15) is 16.1 Å².